The Bertz CT molecular complexity index is 1290. The van der Waals surface area contributed by atoms with Crippen LogP contribution >= 0.6 is 0 Å². The molecule has 33 heavy (non-hydrogen) atoms. The van der Waals surface area contributed by atoms with E-state index in [0.717, 1.165) is 79.3 Å². The minimum atomic E-state index is -2.86. The number of fused-ring (bicyclic) bond motifs is 1. The van der Waals surface area contributed by atoms with Crippen molar-refractivity contribution < 1.29 is 13.2 Å². The van der Waals surface area contributed by atoms with E-state index < -0.39 is 9.84 Å². The van der Waals surface area contributed by atoms with E-state index >= 15 is 0 Å². The number of ether oxygens (including phenoxy) is 1. The fourth-order valence-corrected chi connectivity index (χ4v) is 6.61. The van der Waals surface area contributed by atoms with Crippen molar-refractivity contribution in [2.24, 2.45) is 0 Å². The number of H-pyrrole nitrogens is 1. The Labute approximate surface area is 193 Å². The molecule has 0 radical (unpaired) electrons. The summed E-state index contributed by atoms with van der Waals surface area (Å²) in [4.78, 5) is 13.6. The first-order valence-electron chi connectivity index (χ1n) is 11.6. The van der Waals surface area contributed by atoms with Gasteiger partial charge in [0.1, 0.15) is 29.2 Å². The smallest absolute Gasteiger partial charge is 0.151 e. The van der Waals surface area contributed by atoms with Crippen molar-refractivity contribution in [3.63, 3.8) is 0 Å². The number of sulfone groups is 1. The van der Waals surface area contributed by atoms with Crippen LogP contribution in [-0.4, -0.2) is 82.8 Å². The highest BCUT2D eigenvalue weighted by molar-refractivity contribution is 7.91. The Morgan fingerprint density at radius 1 is 1.12 bits per heavy atom. The van der Waals surface area contributed by atoms with Gasteiger partial charge in [-0.2, -0.15) is 5.10 Å². The van der Waals surface area contributed by atoms with Crippen molar-refractivity contribution in [1.29, 1.82) is 0 Å². The molecular weight excluding hydrogens is 440 g/mol. The second kappa shape index (κ2) is 7.66. The molecule has 0 amide bonds. The Morgan fingerprint density at radius 3 is 2.67 bits per heavy atom. The van der Waals surface area contributed by atoms with E-state index in [-0.39, 0.29) is 11.6 Å². The normalized spacial score (nSPS) is 24.3. The van der Waals surface area contributed by atoms with Crippen LogP contribution in [0.3, 0.4) is 0 Å². The largest absolute Gasteiger partial charge is 0.488 e. The van der Waals surface area contributed by atoms with E-state index in [0.29, 0.717) is 11.5 Å². The van der Waals surface area contributed by atoms with Crippen LogP contribution in [0.4, 0.5) is 5.82 Å². The standard InChI is InChI=1S/C23H28N6O3S/c1-23(5-6-23)32-17-2-3-19-18(12-17)22(27-26-19)20-13-21(25-15-24-20)29-9-7-28(8-10-29)16-4-11-33(30,31)14-16/h2-3,12-13,15-16H,4-11,14H2,1H3,(H,26,27). The molecule has 2 saturated heterocycles. The summed E-state index contributed by atoms with van der Waals surface area (Å²) in [6, 6.07) is 8.16. The number of piperazine rings is 1. The van der Waals surface area contributed by atoms with Crippen molar-refractivity contribution >= 4 is 26.6 Å². The van der Waals surface area contributed by atoms with Crippen molar-refractivity contribution in [1.82, 2.24) is 25.1 Å². The second-order valence-corrected chi connectivity index (χ2v) is 11.9. The van der Waals surface area contributed by atoms with Crippen LogP contribution < -0.4 is 9.64 Å². The van der Waals surface area contributed by atoms with E-state index in [1.165, 1.54) is 0 Å². The van der Waals surface area contributed by atoms with E-state index in [1.807, 2.05) is 24.3 Å². The third kappa shape index (κ3) is 4.17. The van der Waals surface area contributed by atoms with E-state index in [9.17, 15) is 8.42 Å². The van der Waals surface area contributed by atoms with Crippen LogP contribution in [0, 0.1) is 0 Å². The van der Waals surface area contributed by atoms with Gasteiger partial charge in [-0.05, 0) is 44.4 Å². The lowest BCUT2D eigenvalue weighted by Gasteiger charge is -2.38. The first-order valence-corrected chi connectivity index (χ1v) is 13.4. The molecule has 3 aromatic rings. The zero-order valence-electron chi connectivity index (χ0n) is 18.7. The monoisotopic (exact) mass is 468 g/mol. The van der Waals surface area contributed by atoms with E-state index in [1.54, 1.807) is 6.33 Å². The molecule has 10 heteroatoms. The maximum atomic E-state index is 11.8. The molecule has 4 heterocycles. The van der Waals surface area contributed by atoms with Crippen LogP contribution in [0.2, 0.25) is 0 Å². The number of rotatable bonds is 5. The van der Waals surface area contributed by atoms with Crippen LogP contribution in [0.25, 0.3) is 22.3 Å². The Balaban J connectivity index is 1.20. The quantitative estimate of drug-likeness (QED) is 0.608. The van der Waals surface area contributed by atoms with Crippen molar-refractivity contribution in [2.75, 3.05) is 42.6 Å². The molecule has 1 unspecified atom stereocenters. The van der Waals surface area contributed by atoms with Crippen LogP contribution in [-0.2, 0) is 9.84 Å². The molecular formula is C23H28N6O3S. The first kappa shape index (κ1) is 20.9. The van der Waals surface area contributed by atoms with E-state index in [4.69, 9.17) is 4.74 Å². The van der Waals surface area contributed by atoms with Gasteiger partial charge in [0.2, 0.25) is 0 Å². The maximum absolute atomic E-state index is 11.8. The lowest BCUT2D eigenvalue weighted by molar-refractivity contribution is 0.200. The number of aromatic amines is 1. The van der Waals surface area contributed by atoms with Crippen molar-refractivity contribution in [3.05, 3.63) is 30.6 Å². The molecule has 1 aliphatic carbocycles. The highest BCUT2D eigenvalue weighted by atomic mass is 32.2. The zero-order chi connectivity index (χ0) is 22.6. The summed E-state index contributed by atoms with van der Waals surface area (Å²) in [7, 11) is -2.86. The van der Waals surface area contributed by atoms with E-state index in [2.05, 4.69) is 36.9 Å². The van der Waals surface area contributed by atoms with Gasteiger partial charge < -0.3 is 9.64 Å². The molecule has 0 bridgehead atoms. The summed E-state index contributed by atoms with van der Waals surface area (Å²) < 4.78 is 29.8. The van der Waals surface area contributed by atoms with Gasteiger partial charge in [0, 0.05) is 43.7 Å². The third-order valence-electron chi connectivity index (χ3n) is 7.11. The number of nitrogens with zero attached hydrogens (tertiary/aromatic N) is 5. The van der Waals surface area contributed by atoms with Gasteiger partial charge in [-0.1, -0.05) is 0 Å². The number of hydrogen-bond acceptors (Lipinski definition) is 8. The minimum Gasteiger partial charge on any atom is -0.488 e. The molecule has 2 aromatic heterocycles. The molecule has 1 atom stereocenters. The molecule has 9 nitrogen and oxygen atoms in total. The highest BCUT2D eigenvalue weighted by Crippen LogP contribution is 2.40. The van der Waals surface area contributed by atoms with Crippen LogP contribution in [0.5, 0.6) is 5.75 Å². The summed E-state index contributed by atoms with van der Waals surface area (Å²) in [6.07, 6.45) is 4.51. The van der Waals surface area contributed by atoms with Gasteiger partial charge in [-0.3, -0.25) is 10.00 Å². The Hall–Kier alpha value is -2.72. The SMILES string of the molecule is CC1(Oc2ccc3[nH]nc(-c4cc(N5CCN(C6CCS(=O)(=O)C6)CC5)ncn4)c3c2)CC1. The first-order chi connectivity index (χ1) is 15.9. The number of anilines is 1. The zero-order valence-corrected chi connectivity index (χ0v) is 19.5. The number of hydrogen-bond donors (Lipinski definition) is 1. The molecule has 3 fully saturated rings. The summed E-state index contributed by atoms with van der Waals surface area (Å²) in [5, 5.41) is 8.61. The van der Waals surface area contributed by atoms with Gasteiger partial charge in [0.25, 0.3) is 0 Å². The fourth-order valence-electron chi connectivity index (χ4n) is 4.84. The Kier molecular flexibility index (Phi) is 4.84. The van der Waals surface area contributed by atoms with Gasteiger partial charge in [0.15, 0.2) is 9.84 Å². The molecule has 3 aliphatic rings. The minimum absolute atomic E-state index is 0.0372. The summed E-state index contributed by atoms with van der Waals surface area (Å²) in [6.45, 7) is 5.43. The average Bonchev–Trinajstić information content (AvgIpc) is 3.22. The number of benzene rings is 1. The van der Waals surface area contributed by atoms with Gasteiger partial charge >= 0.3 is 0 Å². The molecule has 0 spiro atoms. The highest BCUT2D eigenvalue weighted by Gasteiger charge is 2.40. The predicted molar refractivity (Wildman–Crippen MR) is 126 cm³/mol. The van der Waals surface area contributed by atoms with Crippen LogP contribution in [0.1, 0.15) is 26.2 Å². The lowest BCUT2D eigenvalue weighted by atomic mass is 10.1. The molecule has 174 valence electrons. The van der Waals surface area contributed by atoms with Crippen LogP contribution in [0.15, 0.2) is 30.6 Å². The predicted octanol–water partition coefficient (Wildman–Crippen LogP) is 2.26. The molecule has 2 aliphatic heterocycles. The van der Waals surface area contributed by atoms with Crippen molar-refractivity contribution in [3.8, 4) is 17.1 Å². The second-order valence-electron chi connectivity index (χ2n) is 9.67. The fraction of sp³-hybridized carbons (Fsp3) is 0.522. The summed E-state index contributed by atoms with van der Waals surface area (Å²) in [5.41, 5.74) is 2.46. The van der Waals surface area contributed by atoms with Gasteiger partial charge in [-0.15, -0.1) is 0 Å². The van der Waals surface area contributed by atoms with Gasteiger partial charge in [-0.25, -0.2) is 18.4 Å². The topological polar surface area (TPSA) is 104 Å². The molecule has 1 N–H and O–H groups in total. The summed E-state index contributed by atoms with van der Waals surface area (Å²) in [5.74, 6) is 2.33. The maximum Gasteiger partial charge on any atom is 0.151 e. The number of nitrogens with one attached hydrogen (secondary N) is 1. The molecule has 1 aromatic carbocycles. The molecule has 1 saturated carbocycles. The summed E-state index contributed by atoms with van der Waals surface area (Å²) >= 11 is 0. The lowest BCUT2D eigenvalue weighted by Crippen LogP contribution is -2.51. The average molecular weight is 469 g/mol. The number of aromatic nitrogens is 4. The van der Waals surface area contributed by atoms with Crippen molar-refractivity contribution in [2.45, 2.75) is 37.8 Å². The third-order valence-corrected chi connectivity index (χ3v) is 8.86. The molecule has 6 rings (SSSR count). The van der Waals surface area contributed by atoms with Gasteiger partial charge in [0.05, 0.1) is 22.7 Å². The Morgan fingerprint density at radius 2 is 1.94 bits per heavy atom.